The fraction of sp³-hybridized carbons (Fsp3) is 0.227. The van der Waals surface area contributed by atoms with Gasteiger partial charge in [0.05, 0.1) is 25.6 Å². The lowest BCUT2D eigenvalue weighted by Gasteiger charge is -2.13. The Morgan fingerprint density at radius 1 is 1.03 bits per heavy atom. The summed E-state index contributed by atoms with van der Waals surface area (Å²) in [7, 11) is 3.32. The van der Waals surface area contributed by atoms with Gasteiger partial charge in [0.25, 0.3) is 0 Å². The number of aromatic nitrogens is 2. The highest BCUT2D eigenvalue weighted by Gasteiger charge is 2.12. The van der Waals surface area contributed by atoms with Gasteiger partial charge in [0.15, 0.2) is 0 Å². The fourth-order valence-electron chi connectivity index (χ4n) is 2.70. The van der Waals surface area contributed by atoms with E-state index in [0.29, 0.717) is 19.7 Å². The molecule has 0 bridgehead atoms. The smallest absolute Gasteiger partial charge is 0.414 e. The molecule has 0 saturated carbocycles. The molecular weight excluding hydrogens is 421 g/mol. The molecule has 1 heterocycles. The normalized spacial score (nSPS) is 10.1. The van der Waals surface area contributed by atoms with Crippen LogP contribution in [-0.2, 0) is 27.4 Å². The molecule has 0 fully saturated rings. The third-order valence-corrected chi connectivity index (χ3v) is 4.31. The molecule has 0 spiro atoms. The number of halogens is 1. The van der Waals surface area contributed by atoms with Gasteiger partial charge < -0.3 is 29.6 Å². The second kappa shape index (κ2) is 12.1. The topological polar surface area (TPSA) is 123 Å². The quantitative estimate of drug-likeness (QED) is 0.452. The number of ether oxygens (including phenoxy) is 2. The molecule has 2 aromatic carbocycles. The highest BCUT2D eigenvalue weighted by molar-refractivity contribution is 6.27. The molecule has 0 radical (unpaired) electrons. The van der Waals surface area contributed by atoms with Gasteiger partial charge >= 0.3 is 11.9 Å². The molecule has 1 aromatic heterocycles. The maximum Gasteiger partial charge on any atom is 0.414 e. The SMILES string of the molecule is COCCn1c(-c2ccc(F)cc2)cnc1NCc1ccc(OC)cc1.O=C(O)C(=O)O. The first-order valence-corrected chi connectivity index (χ1v) is 9.49. The third kappa shape index (κ3) is 7.10. The van der Waals surface area contributed by atoms with E-state index in [1.165, 1.54) is 12.1 Å². The minimum absolute atomic E-state index is 0.255. The Kier molecular flexibility index (Phi) is 9.18. The van der Waals surface area contributed by atoms with Crippen LogP contribution in [0, 0.1) is 5.82 Å². The van der Waals surface area contributed by atoms with Crippen molar-refractivity contribution in [3.8, 4) is 17.0 Å². The first kappa shape index (κ1) is 24.4. The number of aliphatic carboxylic acids is 2. The second-order valence-electron chi connectivity index (χ2n) is 6.43. The molecule has 0 unspecified atom stereocenters. The Labute approximate surface area is 184 Å². The van der Waals surface area contributed by atoms with Crippen LogP contribution in [-0.4, -0.2) is 52.5 Å². The van der Waals surface area contributed by atoms with Gasteiger partial charge in [-0.1, -0.05) is 12.1 Å². The van der Waals surface area contributed by atoms with Crippen LogP contribution in [0.5, 0.6) is 5.75 Å². The molecule has 0 atom stereocenters. The third-order valence-electron chi connectivity index (χ3n) is 4.31. The molecule has 3 rings (SSSR count). The van der Waals surface area contributed by atoms with Gasteiger partial charge in [0.1, 0.15) is 11.6 Å². The van der Waals surface area contributed by atoms with Crippen LogP contribution < -0.4 is 10.1 Å². The van der Waals surface area contributed by atoms with Gasteiger partial charge in [-0.3, -0.25) is 0 Å². The highest BCUT2D eigenvalue weighted by Crippen LogP contribution is 2.24. The number of carbonyl (C=O) groups is 2. The first-order chi connectivity index (χ1) is 15.3. The number of nitrogens with one attached hydrogen (secondary N) is 1. The van der Waals surface area contributed by atoms with Crippen LogP contribution in [0.3, 0.4) is 0 Å². The maximum atomic E-state index is 13.2. The predicted octanol–water partition coefficient (Wildman–Crippen LogP) is 3.11. The minimum Gasteiger partial charge on any atom is -0.497 e. The van der Waals surface area contributed by atoms with Crippen molar-refractivity contribution < 1.29 is 33.7 Å². The molecule has 0 saturated heterocycles. The molecule has 0 aliphatic heterocycles. The number of hydrogen-bond acceptors (Lipinski definition) is 6. The lowest BCUT2D eigenvalue weighted by atomic mass is 10.1. The van der Waals surface area contributed by atoms with Crippen molar-refractivity contribution in [2.45, 2.75) is 13.1 Å². The van der Waals surface area contributed by atoms with Gasteiger partial charge in [0, 0.05) is 25.8 Å². The second-order valence-corrected chi connectivity index (χ2v) is 6.43. The predicted molar refractivity (Wildman–Crippen MR) is 115 cm³/mol. The van der Waals surface area contributed by atoms with Gasteiger partial charge in [-0.2, -0.15) is 0 Å². The monoisotopic (exact) mass is 445 g/mol. The van der Waals surface area contributed by atoms with E-state index in [2.05, 4.69) is 10.3 Å². The molecule has 170 valence electrons. The van der Waals surface area contributed by atoms with Crippen molar-refractivity contribution in [3.63, 3.8) is 0 Å². The zero-order valence-corrected chi connectivity index (χ0v) is 17.6. The summed E-state index contributed by atoms with van der Waals surface area (Å²) in [6, 6.07) is 14.3. The Bertz CT molecular complexity index is 1010. The van der Waals surface area contributed by atoms with Crippen LogP contribution in [0.15, 0.2) is 54.7 Å². The van der Waals surface area contributed by atoms with E-state index >= 15 is 0 Å². The fourth-order valence-corrected chi connectivity index (χ4v) is 2.70. The molecule has 0 amide bonds. The van der Waals surface area contributed by atoms with Crippen molar-refractivity contribution in [3.05, 3.63) is 66.1 Å². The number of benzene rings is 2. The van der Waals surface area contributed by atoms with Crippen LogP contribution in [0.25, 0.3) is 11.3 Å². The number of anilines is 1. The summed E-state index contributed by atoms with van der Waals surface area (Å²) in [5, 5.41) is 18.1. The number of methoxy groups -OCH3 is 2. The van der Waals surface area contributed by atoms with Crippen molar-refractivity contribution in [1.82, 2.24) is 9.55 Å². The Hall–Kier alpha value is -3.92. The number of carboxylic acid groups (broad SMARTS) is 2. The van der Waals surface area contributed by atoms with Gasteiger partial charge in [0.2, 0.25) is 5.95 Å². The lowest BCUT2D eigenvalue weighted by Crippen LogP contribution is -2.11. The summed E-state index contributed by atoms with van der Waals surface area (Å²) in [5.74, 6) is -2.33. The van der Waals surface area contributed by atoms with E-state index < -0.39 is 11.9 Å². The van der Waals surface area contributed by atoms with Gasteiger partial charge in [-0.05, 0) is 42.0 Å². The number of carboxylic acids is 2. The van der Waals surface area contributed by atoms with E-state index in [4.69, 9.17) is 29.3 Å². The summed E-state index contributed by atoms with van der Waals surface area (Å²) in [6.45, 7) is 1.84. The summed E-state index contributed by atoms with van der Waals surface area (Å²) >= 11 is 0. The molecule has 3 N–H and O–H groups in total. The summed E-state index contributed by atoms with van der Waals surface area (Å²) in [4.78, 5) is 22.7. The first-order valence-electron chi connectivity index (χ1n) is 9.49. The van der Waals surface area contributed by atoms with E-state index in [-0.39, 0.29) is 5.82 Å². The lowest BCUT2D eigenvalue weighted by molar-refractivity contribution is -0.159. The zero-order valence-electron chi connectivity index (χ0n) is 17.6. The molecule has 3 aromatic rings. The van der Waals surface area contributed by atoms with Crippen molar-refractivity contribution in [1.29, 1.82) is 0 Å². The molecule has 9 nitrogen and oxygen atoms in total. The zero-order chi connectivity index (χ0) is 23.5. The molecular formula is C22H24FN3O6. The van der Waals surface area contributed by atoms with Crippen molar-refractivity contribution in [2.24, 2.45) is 0 Å². The van der Waals surface area contributed by atoms with Gasteiger partial charge in [-0.15, -0.1) is 0 Å². The largest absolute Gasteiger partial charge is 0.497 e. The average Bonchev–Trinajstić information content (AvgIpc) is 3.20. The Morgan fingerprint density at radius 2 is 1.66 bits per heavy atom. The Balaban J connectivity index is 0.000000534. The average molecular weight is 445 g/mol. The van der Waals surface area contributed by atoms with E-state index in [1.54, 1.807) is 32.5 Å². The van der Waals surface area contributed by atoms with Crippen LogP contribution in [0.1, 0.15) is 5.56 Å². The van der Waals surface area contributed by atoms with E-state index in [9.17, 15) is 4.39 Å². The summed E-state index contributed by atoms with van der Waals surface area (Å²) < 4.78 is 25.6. The van der Waals surface area contributed by atoms with Crippen LogP contribution in [0.4, 0.5) is 10.3 Å². The minimum atomic E-state index is -1.82. The summed E-state index contributed by atoms with van der Waals surface area (Å²) in [6.07, 6.45) is 1.79. The maximum absolute atomic E-state index is 13.2. The Morgan fingerprint density at radius 3 is 2.19 bits per heavy atom. The molecule has 32 heavy (non-hydrogen) atoms. The molecule has 0 aliphatic carbocycles. The number of nitrogens with zero attached hydrogens (tertiary/aromatic N) is 2. The number of hydrogen-bond donors (Lipinski definition) is 3. The van der Waals surface area contributed by atoms with E-state index in [0.717, 1.165) is 28.5 Å². The van der Waals surface area contributed by atoms with Gasteiger partial charge in [-0.25, -0.2) is 19.0 Å². The van der Waals surface area contributed by atoms with Crippen molar-refractivity contribution in [2.75, 3.05) is 26.1 Å². The molecule has 0 aliphatic rings. The molecule has 10 heteroatoms. The highest BCUT2D eigenvalue weighted by atomic mass is 19.1. The van der Waals surface area contributed by atoms with Crippen LogP contribution in [0.2, 0.25) is 0 Å². The number of imidazole rings is 1. The standard InChI is InChI=1S/C20H22FN3O2.C2H2O4/c1-25-12-11-24-19(16-5-7-17(21)8-6-16)14-23-20(24)22-13-15-3-9-18(26-2)10-4-15;3-1(4)2(5)6/h3-10,14H,11-13H2,1-2H3,(H,22,23);(H,3,4)(H,5,6). The van der Waals surface area contributed by atoms with Crippen LogP contribution >= 0.6 is 0 Å². The number of rotatable bonds is 8. The summed E-state index contributed by atoms with van der Waals surface area (Å²) in [5.41, 5.74) is 2.95. The van der Waals surface area contributed by atoms with E-state index in [1.807, 2.05) is 28.8 Å². The van der Waals surface area contributed by atoms with Crippen molar-refractivity contribution >= 4 is 17.9 Å².